The lowest BCUT2D eigenvalue weighted by molar-refractivity contribution is -0.118. The number of rotatable bonds is 5. The predicted octanol–water partition coefficient (Wildman–Crippen LogP) is 3.05. The van der Waals surface area contributed by atoms with E-state index in [0.29, 0.717) is 11.3 Å². The third kappa shape index (κ3) is 4.14. The zero-order valence-electron chi connectivity index (χ0n) is 11.4. The molecule has 0 saturated carbocycles. The average molecular weight is 287 g/mol. The molecule has 0 saturated heterocycles. The lowest BCUT2D eigenvalue weighted by Gasteiger charge is -2.08. The summed E-state index contributed by atoms with van der Waals surface area (Å²) in [4.78, 5) is 22.8. The molecule has 0 radical (unpaired) electrons. The summed E-state index contributed by atoms with van der Waals surface area (Å²) in [6, 6.07) is 12.4. The second-order valence-electron chi connectivity index (χ2n) is 4.40. The zero-order chi connectivity index (χ0) is 15.2. The normalized spacial score (nSPS) is 10.0. The molecule has 0 spiro atoms. The summed E-state index contributed by atoms with van der Waals surface area (Å²) in [5.74, 6) is -0.944. The van der Waals surface area contributed by atoms with Gasteiger partial charge in [0.1, 0.15) is 0 Å². The van der Waals surface area contributed by atoms with Crippen LogP contribution in [0.5, 0.6) is 5.75 Å². The topological polar surface area (TPSA) is 55.4 Å². The van der Waals surface area contributed by atoms with Crippen LogP contribution >= 0.6 is 0 Å². The molecule has 1 N–H and O–H groups in total. The number of carbonyl (C=O) groups is 2. The van der Waals surface area contributed by atoms with E-state index in [1.807, 2.05) is 0 Å². The highest BCUT2D eigenvalue weighted by atomic mass is 19.1. The van der Waals surface area contributed by atoms with Crippen LogP contribution in [0.4, 0.5) is 10.1 Å². The fourth-order valence-electron chi connectivity index (χ4n) is 1.69. The zero-order valence-corrected chi connectivity index (χ0v) is 11.4. The van der Waals surface area contributed by atoms with Gasteiger partial charge in [0.25, 0.3) is 5.91 Å². The number of anilines is 1. The van der Waals surface area contributed by atoms with E-state index in [-0.39, 0.29) is 18.1 Å². The number of amides is 1. The number of para-hydroxylation sites is 1. The van der Waals surface area contributed by atoms with E-state index in [2.05, 4.69) is 5.32 Å². The van der Waals surface area contributed by atoms with Crippen molar-refractivity contribution in [1.82, 2.24) is 0 Å². The molecule has 0 aromatic heterocycles. The van der Waals surface area contributed by atoms with Gasteiger partial charge in [-0.05, 0) is 43.3 Å². The first-order chi connectivity index (χ1) is 10.1. The summed E-state index contributed by atoms with van der Waals surface area (Å²) in [6.07, 6.45) is 0. The summed E-state index contributed by atoms with van der Waals surface area (Å²) in [6.45, 7) is 1.17. The van der Waals surface area contributed by atoms with E-state index in [9.17, 15) is 14.0 Å². The van der Waals surface area contributed by atoms with Crippen LogP contribution in [0.1, 0.15) is 17.3 Å². The van der Waals surface area contributed by atoms with Crippen molar-refractivity contribution in [3.8, 4) is 5.75 Å². The van der Waals surface area contributed by atoms with Crippen molar-refractivity contribution in [2.24, 2.45) is 0 Å². The minimum atomic E-state index is -0.517. The average Bonchev–Trinajstić information content (AvgIpc) is 2.47. The van der Waals surface area contributed by atoms with Crippen molar-refractivity contribution in [1.29, 1.82) is 0 Å². The Morgan fingerprint density at radius 2 is 1.76 bits per heavy atom. The molecule has 0 bridgehead atoms. The molecule has 1 amide bonds. The molecule has 21 heavy (non-hydrogen) atoms. The number of hydrogen-bond donors (Lipinski definition) is 1. The van der Waals surface area contributed by atoms with E-state index in [1.54, 1.807) is 36.4 Å². The van der Waals surface area contributed by atoms with E-state index >= 15 is 0 Å². The van der Waals surface area contributed by atoms with Crippen molar-refractivity contribution in [2.45, 2.75) is 6.92 Å². The lowest BCUT2D eigenvalue weighted by Crippen LogP contribution is -2.20. The molecule has 0 aliphatic heterocycles. The Morgan fingerprint density at radius 3 is 2.38 bits per heavy atom. The maximum Gasteiger partial charge on any atom is 0.262 e. The first-order valence-corrected chi connectivity index (χ1v) is 6.34. The third-order valence-electron chi connectivity index (χ3n) is 2.77. The highest BCUT2D eigenvalue weighted by Gasteiger charge is 2.07. The molecule has 108 valence electrons. The number of Topliss-reactive ketones (excluding diaryl/α,β-unsaturated/α-hetero) is 1. The van der Waals surface area contributed by atoms with Gasteiger partial charge in [-0.15, -0.1) is 0 Å². The second kappa shape index (κ2) is 6.65. The van der Waals surface area contributed by atoms with Crippen LogP contribution in [0.25, 0.3) is 0 Å². The highest BCUT2D eigenvalue weighted by Crippen LogP contribution is 2.15. The monoisotopic (exact) mass is 287 g/mol. The molecule has 2 aromatic rings. The summed E-state index contributed by atoms with van der Waals surface area (Å²) < 4.78 is 18.4. The van der Waals surface area contributed by atoms with Crippen LogP contribution in [0.2, 0.25) is 0 Å². The summed E-state index contributed by atoms with van der Waals surface area (Å²) in [5, 5.41) is 2.60. The summed E-state index contributed by atoms with van der Waals surface area (Å²) in [7, 11) is 0. The first-order valence-electron chi connectivity index (χ1n) is 6.34. The third-order valence-corrected chi connectivity index (χ3v) is 2.77. The molecule has 5 heteroatoms. The van der Waals surface area contributed by atoms with Crippen molar-refractivity contribution >= 4 is 17.4 Å². The lowest BCUT2D eigenvalue weighted by atomic mass is 10.1. The molecule has 2 rings (SSSR count). The highest BCUT2D eigenvalue weighted by molar-refractivity contribution is 5.95. The Labute approximate surface area is 121 Å². The van der Waals surface area contributed by atoms with Crippen molar-refractivity contribution in [2.75, 3.05) is 11.9 Å². The van der Waals surface area contributed by atoms with Gasteiger partial charge in [0.15, 0.2) is 24.0 Å². The molecular weight excluding hydrogens is 273 g/mol. The maximum absolute atomic E-state index is 13.3. The minimum absolute atomic E-state index is 0.0274. The Bertz CT molecular complexity index is 653. The summed E-state index contributed by atoms with van der Waals surface area (Å²) in [5.41, 5.74) is 1.11. The molecule has 0 atom stereocenters. The van der Waals surface area contributed by atoms with Crippen molar-refractivity contribution < 1.29 is 18.7 Å². The Hall–Kier alpha value is -2.69. The molecule has 0 unspecified atom stereocenters. The smallest absolute Gasteiger partial charge is 0.262 e. The Balaban J connectivity index is 1.90. The number of ether oxygens (including phenoxy) is 1. The Kier molecular flexibility index (Phi) is 4.66. The van der Waals surface area contributed by atoms with Crippen LogP contribution in [-0.2, 0) is 4.79 Å². The van der Waals surface area contributed by atoms with Gasteiger partial charge in [-0.3, -0.25) is 9.59 Å². The number of halogens is 1. The molecule has 4 nitrogen and oxygen atoms in total. The first kappa shape index (κ1) is 14.7. The second-order valence-corrected chi connectivity index (χ2v) is 4.40. The standard InChI is InChI=1S/C16H14FNO3/c1-11(19)12-6-8-13(9-7-12)18-16(20)10-21-15-5-3-2-4-14(15)17/h2-9H,10H2,1H3,(H,18,20). The van der Waals surface area contributed by atoms with Crippen LogP contribution in [0.15, 0.2) is 48.5 Å². The van der Waals surface area contributed by atoms with Gasteiger partial charge in [-0.1, -0.05) is 12.1 Å². The minimum Gasteiger partial charge on any atom is -0.481 e. The van der Waals surface area contributed by atoms with Gasteiger partial charge in [0, 0.05) is 11.3 Å². The fraction of sp³-hybridized carbons (Fsp3) is 0.125. The molecule has 0 heterocycles. The van der Waals surface area contributed by atoms with E-state index < -0.39 is 11.7 Å². The van der Waals surface area contributed by atoms with E-state index in [0.717, 1.165) is 0 Å². The number of nitrogens with one attached hydrogen (secondary N) is 1. The fourth-order valence-corrected chi connectivity index (χ4v) is 1.69. The number of ketones is 1. The molecule has 0 fully saturated rings. The van der Waals surface area contributed by atoms with Crippen LogP contribution in [0.3, 0.4) is 0 Å². The van der Waals surface area contributed by atoms with E-state index in [4.69, 9.17) is 4.74 Å². The molecule has 2 aromatic carbocycles. The van der Waals surface area contributed by atoms with Gasteiger partial charge in [0.05, 0.1) is 0 Å². The quantitative estimate of drug-likeness (QED) is 0.860. The van der Waals surface area contributed by atoms with Gasteiger partial charge in [0.2, 0.25) is 0 Å². The summed E-state index contributed by atoms with van der Waals surface area (Å²) >= 11 is 0. The molecular formula is C16H14FNO3. The van der Waals surface area contributed by atoms with Gasteiger partial charge >= 0.3 is 0 Å². The number of carbonyl (C=O) groups excluding carboxylic acids is 2. The van der Waals surface area contributed by atoms with Gasteiger partial charge in [-0.2, -0.15) is 0 Å². The SMILES string of the molecule is CC(=O)c1ccc(NC(=O)COc2ccccc2F)cc1. The van der Waals surface area contributed by atoms with Gasteiger partial charge in [-0.25, -0.2) is 4.39 Å². The number of benzene rings is 2. The number of hydrogen-bond acceptors (Lipinski definition) is 3. The predicted molar refractivity (Wildman–Crippen MR) is 77.0 cm³/mol. The van der Waals surface area contributed by atoms with Crippen molar-refractivity contribution in [3.63, 3.8) is 0 Å². The van der Waals surface area contributed by atoms with Gasteiger partial charge < -0.3 is 10.1 Å². The van der Waals surface area contributed by atoms with Crippen LogP contribution in [0, 0.1) is 5.82 Å². The van der Waals surface area contributed by atoms with Crippen LogP contribution in [-0.4, -0.2) is 18.3 Å². The van der Waals surface area contributed by atoms with Crippen molar-refractivity contribution in [3.05, 3.63) is 59.9 Å². The van der Waals surface area contributed by atoms with E-state index in [1.165, 1.54) is 19.1 Å². The van der Waals surface area contributed by atoms with Crippen LogP contribution < -0.4 is 10.1 Å². The molecule has 0 aliphatic carbocycles. The maximum atomic E-state index is 13.3. The largest absolute Gasteiger partial charge is 0.481 e. The molecule has 0 aliphatic rings. The Morgan fingerprint density at radius 1 is 1.10 bits per heavy atom.